The Balaban J connectivity index is 1.41. The number of nitrogens with two attached hydrogens (primary N) is 1. The lowest BCUT2D eigenvalue weighted by atomic mass is 10.1. The second kappa shape index (κ2) is 11.0. The van der Waals surface area contributed by atoms with Gasteiger partial charge in [-0.1, -0.05) is 41.6 Å². The van der Waals surface area contributed by atoms with Gasteiger partial charge in [-0.25, -0.2) is 0 Å². The Bertz CT molecular complexity index is 843. The highest BCUT2D eigenvalue weighted by atomic mass is 16.6. The Morgan fingerprint density at radius 1 is 1.14 bits per heavy atom. The van der Waals surface area contributed by atoms with Crippen molar-refractivity contribution in [2.45, 2.75) is 0 Å². The van der Waals surface area contributed by atoms with E-state index in [0.717, 1.165) is 44.0 Å². The van der Waals surface area contributed by atoms with Crippen LogP contribution in [-0.2, 0) is 14.4 Å². The molecule has 1 aliphatic heterocycles. The molecule has 1 saturated heterocycles. The highest BCUT2D eigenvalue weighted by molar-refractivity contribution is 6.03. The molecule has 0 aliphatic carbocycles. The number of carbonyl (C=O) groups excluding carboxylic acids is 1. The Hall–Kier alpha value is -3.16. The predicted octanol–water partition coefficient (Wildman–Crippen LogP) is 2.60. The number of nitrogens with one attached hydrogen (secondary N) is 1. The molecule has 1 aliphatic rings. The number of benzene rings is 2. The van der Waals surface area contributed by atoms with Gasteiger partial charge in [0.05, 0.1) is 30.8 Å². The highest BCUT2D eigenvalue weighted by Crippen LogP contribution is 2.16. The van der Waals surface area contributed by atoms with Crippen LogP contribution in [0.1, 0.15) is 11.1 Å². The second-order valence-corrected chi connectivity index (χ2v) is 6.60. The number of anilines is 2. The van der Waals surface area contributed by atoms with Gasteiger partial charge in [0, 0.05) is 25.7 Å². The number of amides is 1. The molecule has 0 spiro atoms. The molecule has 0 unspecified atom stereocenters. The number of ether oxygens (including phenoxy) is 1. The van der Waals surface area contributed by atoms with Crippen LogP contribution in [0.3, 0.4) is 0 Å². The van der Waals surface area contributed by atoms with E-state index in [0.29, 0.717) is 18.0 Å². The van der Waals surface area contributed by atoms with E-state index in [2.05, 4.69) is 15.4 Å². The predicted molar refractivity (Wildman–Crippen MR) is 116 cm³/mol. The molecule has 1 heterocycles. The minimum atomic E-state index is -0.234. The van der Waals surface area contributed by atoms with E-state index in [-0.39, 0.29) is 5.91 Å². The van der Waals surface area contributed by atoms with Crippen molar-refractivity contribution in [3.05, 3.63) is 65.7 Å². The number of hydrogen-bond acceptors (Lipinski definition) is 6. The zero-order chi connectivity index (χ0) is 20.3. The zero-order valence-electron chi connectivity index (χ0n) is 16.3. The summed E-state index contributed by atoms with van der Waals surface area (Å²) in [4.78, 5) is 19.6. The van der Waals surface area contributed by atoms with Crippen LogP contribution in [-0.4, -0.2) is 56.5 Å². The van der Waals surface area contributed by atoms with Crippen LogP contribution < -0.4 is 11.1 Å². The maximum absolute atomic E-state index is 12.0. The Labute approximate surface area is 170 Å². The van der Waals surface area contributed by atoms with Crippen molar-refractivity contribution < 1.29 is 14.4 Å². The number of rotatable bonds is 8. The molecule has 0 atom stereocenters. The van der Waals surface area contributed by atoms with Gasteiger partial charge in [-0.2, -0.15) is 0 Å². The number of hydrogen-bond donors (Lipinski definition) is 2. The average Bonchev–Trinajstić information content (AvgIpc) is 2.75. The third kappa shape index (κ3) is 7.06. The molecule has 1 fully saturated rings. The van der Waals surface area contributed by atoms with Crippen molar-refractivity contribution in [1.29, 1.82) is 0 Å². The SMILES string of the molecule is Nc1ccccc1NC(=O)C=Cc1ccc(C=NOCCN2CCOCC2)cc1. The van der Waals surface area contributed by atoms with Crippen LogP contribution in [0.4, 0.5) is 11.4 Å². The molecule has 3 rings (SSSR count). The lowest BCUT2D eigenvalue weighted by Gasteiger charge is -2.25. The summed E-state index contributed by atoms with van der Waals surface area (Å²) in [5.74, 6) is -0.234. The van der Waals surface area contributed by atoms with Gasteiger partial charge in [0.15, 0.2) is 0 Å². The second-order valence-electron chi connectivity index (χ2n) is 6.60. The molecule has 2 aromatic rings. The van der Waals surface area contributed by atoms with Crippen molar-refractivity contribution in [1.82, 2.24) is 4.90 Å². The first-order valence-electron chi connectivity index (χ1n) is 9.60. The minimum absolute atomic E-state index is 0.234. The van der Waals surface area contributed by atoms with Crippen LogP contribution in [0.25, 0.3) is 6.08 Å². The summed E-state index contributed by atoms with van der Waals surface area (Å²) in [6, 6.07) is 14.8. The van der Waals surface area contributed by atoms with Crippen molar-refractivity contribution in [3.8, 4) is 0 Å². The summed E-state index contributed by atoms with van der Waals surface area (Å²) in [7, 11) is 0. The molecule has 0 saturated carbocycles. The average molecular weight is 394 g/mol. The molecule has 7 nitrogen and oxygen atoms in total. The number of oxime groups is 1. The van der Waals surface area contributed by atoms with Gasteiger partial charge < -0.3 is 20.6 Å². The molecule has 3 N–H and O–H groups in total. The molecule has 1 amide bonds. The van der Waals surface area contributed by atoms with Crippen molar-refractivity contribution in [3.63, 3.8) is 0 Å². The third-order valence-corrected chi connectivity index (χ3v) is 4.46. The summed E-state index contributed by atoms with van der Waals surface area (Å²) in [6.45, 7) is 4.86. The van der Waals surface area contributed by atoms with Gasteiger partial charge >= 0.3 is 0 Å². The molecule has 152 valence electrons. The molecule has 7 heteroatoms. The summed E-state index contributed by atoms with van der Waals surface area (Å²) >= 11 is 0. The highest BCUT2D eigenvalue weighted by Gasteiger charge is 2.09. The maximum Gasteiger partial charge on any atom is 0.248 e. The van der Waals surface area contributed by atoms with E-state index < -0.39 is 0 Å². The number of nitrogens with zero attached hydrogens (tertiary/aromatic N) is 2. The standard InChI is InChI=1S/C22H26N4O3/c23-20-3-1-2-4-21(20)25-22(27)10-9-18-5-7-19(8-6-18)17-24-29-16-13-26-11-14-28-15-12-26/h1-10,17H,11-16,23H2,(H,25,27). The first-order valence-corrected chi connectivity index (χ1v) is 9.60. The quantitative estimate of drug-likeness (QED) is 0.236. The van der Waals surface area contributed by atoms with E-state index in [1.807, 2.05) is 36.4 Å². The van der Waals surface area contributed by atoms with Crippen LogP contribution in [0, 0.1) is 0 Å². The van der Waals surface area contributed by atoms with E-state index in [1.54, 1.807) is 24.4 Å². The van der Waals surface area contributed by atoms with E-state index in [1.165, 1.54) is 6.08 Å². The van der Waals surface area contributed by atoms with Gasteiger partial charge in [0.25, 0.3) is 0 Å². The fourth-order valence-corrected chi connectivity index (χ4v) is 2.80. The third-order valence-electron chi connectivity index (χ3n) is 4.46. The van der Waals surface area contributed by atoms with Gasteiger partial charge in [-0.3, -0.25) is 9.69 Å². The summed E-state index contributed by atoms with van der Waals surface area (Å²) in [6.07, 6.45) is 4.90. The Morgan fingerprint density at radius 2 is 1.86 bits per heavy atom. The molecule has 29 heavy (non-hydrogen) atoms. The zero-order valence-corrected chi connectivity index (χ0v) is 16.3. The molecular weight excluding hydrogens is 368 g/mol. The lowest BCUT2D eigenvalue weighted by Crippen LogP contribution is -2.38. The largest absolute Gasteiger partial charge is 0.397 e. The van der Waals surface area contributed by atoms with Gasteiger partial charge in [0.2, 0.25) is 5.91 Å². The lowest BCUT2D eigenvalue weighted by molar-refractivity contribution is -0.111. The maximum atomic E-state index is 12.0. The fourth-order valence-electron chi connectivity index (χ4n) is 2.80. The number of morpholine rings is 1. The molecule has 2 aromatic carbocycles. The number of nitrogen functional groups attached to an aromatic ring is 1. The first-order chi connectivity index (χ1) is 14.2. The molecular formula is C22H26N4O3. The van der Waals surface area contributed by atoms with Gasteiger partial charge in [0.1, 0.15) is 6.61 Å². The first kappa shape index (κ1) is 20.6. The summed E-state index contributed by atoms with van der Waals surface area (Å²) < 4.78 is 5.31. The number of para-hydroxylation sites is 2. The minimum Gasteiger partial charge on any atom is -0.397 e. The summed E-state index contributed by atoms with van der Waals surface area (Å²) in [5, 5.41) is 6.76. The van der Waals surface area contributed by atoms with Crippen LogP contribution in [0.2, 0.25) is 0 Å². The topological polar surface area (TPSA) is 89.2 Å². The normalized spacial score (nSPS) is 15.0. The van der Waals surface area contributed by atoms with Crippen LogP contribution in [0.15, 0.2) is 59.8 Å². The number of carbonyl (C=O) groups is 1. The van der Waals surface area contributed by atoms with Crippen molar-refractivity contribution >= 4 is 29.6 Å². The Kier molecular flexibility index (Phi) is 7.80. The molecule has 0 bridgehead atoms. The van der Waals surface area contributed by atoms with E-state index >= 15 is 0 Å². The molecule has 0 aromatic heterocycles. The van der Waals surface area contributed by atoms with Gasteiger partial charge in [-0.05, 0) is 29.3 Å². The van der Waals surface area contributed by atoms with Gasteiger partial charge in [-0.15, -0.1) is 0 Å². The van der Waals surface area contributed by atoms with E-state index in [9.17, 15) is 4.79 Å². The summed E-state index contributed by atoms with van der Waals surface area (Å²) in [5.41, 5.74) is 8.79. The monoisotopic (exact) mass is 394 g/mol. The molecule has 0 radical (unpaired) electrons. The smallest absolute Gasteiger partial charge is 0.248 e. The van der Waals surface area contributed by atoms with E-state index in [4.69, 9.17) is 15.3 Å². The van der Waals surface area contributed by atoms with Crippen LogP contribution in [0.5, 0.6) is 0 Å². The fraction of sp³-hybridized carbons (Fsp3) is 0.273. The van der Waals surface area contributed by atoms with Crippen LogP contribution >= 0.6 is 0 Å². The Morgan fingerprint density at radius 3 is 2.62 bits per heavy atom. The van der Waals surface area contributed by atoms with Crippen molar-refractivity contribution in [2.75, 3.05) is 50.5 Å². The van der Waals surface area contributed by atoms with Crippen molar-refractivity contribution in [2.24, 2.45) is 5.16 Å².